The van der Waals surface area contributed by atoms with Crippen molar-refractivity contribution in [3.8, 4) is 0 Å². The number of hydrogen-bond donors (Lipinski definition) is 0. The fraction of sp³-hybridized carbons (Fsp3) is 0.357. The summed E-state index contributed by atoms with van der Waals surface area (Å²) in [6.07, 6.45) is 4.49. The molecule has 1 aromatic heterocycles. The monoisotopic (exact) mass is 200 g/mol. The van der Waals surface area contributed by atoms with Crippen molar-refractivity contribution in [3.63, 3.8) is 0 Å². The molecule has 0 aliphatic rings. The minimum absolute atomic E-state index is 1.11. The highest BCUT2D eigenvalue weighted by atomic mass is 14.9. The van der Waals surface area contributed by atoms with Crippen molar-refractivity contribution in [1.82, 2.24) is 0 Å². The zero-order chi connectivity index (χ0) is 10.8. The molecule has 0 amide bonds. The summed E-state index contributed by atoms with van der Waals surface area (Å²) in [7, 11) is 2.13. The van der Waals surface area contributed by atoms with Crippen LogP contribution in [0.1, 0.15) is 25.0 Å². The highest BCUT2D eigenvalue weighted by Crippen LogP contribution is 2.19. The van der Waals surface area contributed by atoms with E-state index in [4.69, 9.17) is 0 Å². The Morgan fingerprint density at radius 1 is 1.07 bits per heavy atom. The number of rotatable bonds is 2. The number of nitrogens with zero attached hydrogens (tertiary/aromatic N) is 1. The molecule has 2 rings (SSSR count). The molecule has 0 saturated carbocycles. The van der Waals surface area contributed by atoms with Crippen LogP contribution in [0.3, 0.4) is 0 Å². The van der Waals surface area contributed by atoms with Gasteiger partial charge in [0.2, 0.25) is 5.52 Å². The number of pyridine rings is 1. The van der Waals surface area contributed by atoms with Gasteiger partial charge < -0.3 is 0 Å². The average molecular weight is 200 g/mol. The number of benzene rings is 1. The summed E-state index contributed by atoms with van der Waals surface area (Å²) >= 11 is 0. The second kappa shape index (κ2) is 4.01. The van der Waals surface area contributed by atoms with Crippen molar-refractivity contribution >= 4 is 10.9 Å². The fourth-order valence-corrected chi connectivity index (χ4v) is 2.31. The van der Waals surface area contributed by atoms with Crippen LogP contribution in [-0.2, 0) is 19.9 Å². The molecular weight excluding hydrogens is 182 g/mol. The van der Waals surface area contributed by atoms with Gasteiger partial charge in [-0.15, -0.1) is 0 Å². The number of hydrogen-bond acceptors (Lipinski definition) is 0. The summed E-state index contributed by atoms with van der Waals surface area (Å²) in [5, 5.41) is 1.40. The third-order valence-corrected chi connectivity index (χ3v) is 3.08. The molecule has 0 atom stereocenters. The van der Waals surface area contributed by atoms with Crippen LogP contribution in [-0.4, -0.2) is 0 Å². The Kier molecular flexibility index (Phi) is 2.72. The maximum absolute atomic E-state index is 2.27. The van der Waals surface area contributed by atoms with E-state index in [9.17, 15) is 0 Å². The van der Waals surface area contributed by atoms with Crippen molar-refractivity contribution in [1.29, 1.82) is 0 Å². The molecule has 0 spiro atoms. The van der Waals surface area contributed by atoms with Gasteiger partial charge in [0.25, 0.3) is 0 Å². The Morgan fingerprint density at radius 3 is 2.47 bits per heavy atom. The van der Waals surface area contributed by atoms with E-state index in [1.165, 1.54) is 22.0 Å². The van der Waals surface area contributed by atoms with E-state index in [2.05, 4.69) is 55.9 Å². The quantitative estimate of drug-likeness (QED) is 0.656. The minimum Gasteiger partial charge on any atom is -0.201 e. The van der Waals surface area contributed by atoms with Gasteiger partial charge in [-0.1, -0.05) is 26.0 Å². The minimum atomic E-state index is 1.11. The van der Waals surface area contributed by atoms with Crippen molar-refractivity contribution in [2.45, 2.75) is 26.7 Å². The second-order valence-corrected chi connectivity index (χ2v) is 3.97. The van der Waals surface area contributed by atoms with Gasteiger partial charge >= 0.3 is 0 Å². The van der Waals surface area contributed by atoms with Crippen LogP contribution >= 0.6 is 0 Å². The van der Waals surface area contributed by atoms with E-state index < -0.39 is 0 Å². The van der Waals surface area contributed by atoms with Crippen LogP contribution in [0.25, 0.3) is 10.9 Å². The molecule has 0 aliphatic heterocycles. The molecule has 2 aromatic rings. The van der Waals surface area contributed by atoms with E-state index in [-0.39, 0.29) is 0 Å². The van der Waals surface area contributed by atoms with Crippen LogP contribution in [0.4, 0.5) is 0 Å². The molecule has 0 saturated heterocycles. The molecule has 0 N–H and O–H groups in total. The highest BCUT2D eigenvalue weighted by Gasteiger charge is 2.12. The van der Waals surface area contributed by atoms with Crippen molar-refractivity contribution in [2.24, 2.45) is 7.05 Å². The molecule has 0 aliphatic carbocycles. The molecule has 78 valence electrons. The summed E-state index contributed by atoms with van der Waals surface area (Å²) in [5.41, 5.74) is 4.30. The Balaban J connectivity index is 2.85. The zero-order valence-corrected chi connectivity index (χ0v) is 9.75. The Bertz CT molecular complexity index is 486. The summed E-state index contributed by atoms with van der Waals surface area (Å²) in [4.78, 5) is 0. The average Bonchev–Trinajstić information content (AvgIpc) is 2.29. The van der Waals surface area contributed by atoms with Gasteiger partial charge in [0.15, 0.2) is 6.20 Å². The first-order valence-electron chi connectivity index (χ1n) is 5.67. The van der Waals surface area contributed by atoms with Gasteiger partial charge in [0.05, 0.1) is 0 Å². The van der Waals surface area contributed by atoms with Crippen LogP contribution in [0.15, 0.2) is 30.5 Å². The third-order valence-electron chi connectivity index (χ3n) is 3.08. The lowest BCUT2D eigenvalue weighted by atomic mass is 9.99. The first kappa shape index (κ1) is 10.2. The molecule has 0 bridgehead atoms. The molecule has 0 radical (unpaired) electrons. The normalized spacial score (nSPS) is 10.9. The Labute approximate surface area is 91.4 Å². The Morgan fingerprint density at radius 2 is 1.80 bits per heavy atom. The SMILES string of the molecule is CCc1c[n+](C)c2ccccc2c1CC. The lowest BCUT2D eigenvalue weighted by Crippen LogP contribution is -2.30. The second-order valence-electron chi connectivity index (χ2n) is 3.97. The molecule has 1 heterocycles. The standard InChI is InChI=1S/C14H18N/c1-4-11-10-15(3)14-9-7-6-8-13(14)12(11)5-2/h6-10H,4-5H2,1-3H3/q+1. The first-order chi connectivity index (χ1) is 7.27. The zero-order valence-electron chi connectivity index (χ0n) is 9.75. The predicted octanol–water partition coefficient (Wildman–Crippen LogP) is 2.79. The van der Waals surface area contributed by atoms with Gasteiger partial charge in [-0.25, -0.2) is 4.57 Å². The maximum atomic E-state index is 2.27. The summed E-state index contributed by atoms with van der Waals surface area (Å²) in [6.45, 7) is 4.46. The van der Waals surface area contributed by atoms with Crippen LogP contribution in [0.2, 0.25) is 0 Å². The fourth-order valence-electron chi connectivity index (χ4n) is 2.31. The van der Waals surface area contributed by atoms with Gasteiger partial charge in [-0.3, -0.25) is 0 Å². The van der Waals surface area contributed by atoms with Gasteiger partial charge in [0.1, 0.15) is 7.05 Å². The lowest BCUT2D eigenvalue weighted by Gasteiger charge is -2.07. The van der Waals surface area contributed by atoms with E-state index in [1.807, 2.05) is 0 Å². The van der Waals surface area contributed by atoms with Crippen LogP contribution in [0.5, 0.6) is 0 Å². The topological polar surface area (TPSA) is 3.88 Å². The molecule has 0 fully saturated rings. The Hall–Kier alpha value is -1.37. The largest absolute Gasteiger partial charge is 0.212 e. The number of aromatic nitrogens is 1. The van der Waals surface area contributed by atoms with Gasteiger partial charge in [-0.05, 0) is 24.5 Å². The van der Waals surface area contributed by atoms with Crippen molar-refractivity contribution in [2.75, 3.05) is 0 Å². The van der Waals surface area contributed by atoms with Gasteiger partial charge in [-0.2, -0.15) is 0 Å². The number of fused-ring (bicyclic) bond motifs is 1. The molecular formula is C14H18N+. The highest BCUT2D eigenvalue weighted by molar-refractivity contribution is 5.80. The van der Waals surface area contributed by atoms with Crippen LogP contribution < -0.4 is 4.57 Å². The summed E-state index contributed by atoms with van der Waals surface area (Å²) < 4.78 is 2.23. The maximum Gasteiger partial charge on any atom is 0.212 e. The summed E-state index contributed by atoms with van der Waals surface area (Å²) in [5.74, 6) is 0. The summed E-state index contributed by atoms with van der Waals surface area (Å²) in [6, 6.07) is 8.65. The molecule has 1 nitrogen and oxygen atoms in total. The van der Waals surface area contributed by atoms with Crippen molar-refractivity contribution < 1.29 is 4.57 Å². The van der Waals surface area contributed by atoms with Crippen LogP contribution in [0, 0.1) is 0 Å². The molecule has 1 aromatic carbocycles. The third kappa shape index (κ3) is 1.63. The van der Waals surface area contributed by atoms with Gasteiger partial charge in [0, 0.05) is 17.0 Å². The smallest absolute Gasteiger partial charge is 0.201 e. The first-order valence-corrected chi connectivity index (χ1v) is 5.67. The molecule has 15 heavy (non-hydrogen) atoms. The number of aryl methyl sites for hydroxylation is 3. The molecule has 0 unspecified atom stereocenters. The van der Waals surface area contributed by atoms with E-state index >= 15 is 0 Å². The lowest BCUT2D eigenvalue weighted by molar-refractivity contribution is -0.645. The predicted molar refractivity (Wildman–Crippen MR) is 63.9 cm³/mol. The van der Waals surface area contributed by atoms with Crippen molar-refractivity contribution in [3.05, 3.63) is 41.6 Å². The number of para-hydroxylation sites is 1. The van der Waals surface area contributed by atoms with E-state index in [0.29, 0.717) is 0 Å². The molecule has 1 heteroatoms. The van der Waals surface area contributed by atoms with E-state index in [0.717, 1.165) is 12.8 Å². The van der Waals surface area contributed by atoms with E-state index in [1.54, 1.807) is 0 Å².